The Labute approximate surface area is 120 Å². The third-order valence-corrected chi connectivity index (χ3v) is 3.12. The van der Waals surface area contributed by atoms with Crippen LogP contribution in [-0.2, 0) is 5.88 Å². The number of hydrogen-bond donors (Lipinski definition) is 0. The van der Waals surface area contributed by atoms with Gasteiger partial charge in [0, 0.05) is 23.0 Å². The second-order valence-electron chi connectivity index (χ2n) is 4.18. The Morgan fingerprint density at radius 3 is 2.70 bits per heavy atom. The highest BCUT2D eigenvalue weighted by molar-refractivity contribution is 6.17. The molecule has 6 nitrogen and oxygen atoms in total. The molecule has 0 aliphatic heterocycles. The predicted octanol–water partition coefficient (Wildman–Crippen LogP) is 2.17. The van der Waals surface area contributed by atoms with E-state index in [-0.39, 0.29) is 0 Å². The molecule has 0 N–H and O–H groups in total. The predicted molar refractivity (Wildman–Crippen MR) is 74.5 cm³/mol. The lowest BCUT2D eigenvalue weighted by atomic mass is 10.2. The second-order valence-corrected chi connectivity index (χ2v) is 4.45. The van der Waals surface area contributed by atoms with Gasteiger partial charge in [0.2, 0.25) is 5.82 Å². The Balaban J connectivity index is 1.96. The summed E-state index contributed by atoms with van der Waals surface area (Å²) in [6.45, 7) is 1.87. The number of halogens is 1. The van der Waals surface area contributed by atoms with E-state index >= 15 is 0 Å². The Morgan fingerprint density at radius 2 is 2.00 bits per heavy atom. The molecule has 7 heteroatoms. The van der Waals surface area contributed by atoms with Crippen molar-refractivity contribution in [3.05, 3.63) is 47.8 Å². The molecule has 0 fully saturated rings. The average Bonchev–Trinajstić information content (AvgIpc) is 2.98. The minimum atomic E-state index is 0.381. The third kappa shape index (κ3) is 2.37. The van der Waals surface area contributed by atoms with Crippen LogP contribution in [0.2, 0.25) is 0 Å². The topological polar surface area (TPSA) is 69.4 Å². The smallest absolute Gasteiger partial charge is 0.218 e. The highest BCUT2D eigenvalue weighted by atomic mass is 35.5. The number of aryl methyl sites for hydroxylation is 1. The van der Waals surface area contributed by atoms with E-state index in [4.69, 9.17) is 11.6 Å². The van der Waals surface area contributed by atoms with E-state index in [1.165, 1.54) is 4.80 Å². The van der Waals surface area contributed by atoms with Gasteiger partial charge in [0.15, 0.2) is 0 Å². The SMILES string of the molecule is Cc1nc(-n2nnc(-c3ccccc3)n2)ncc1CCl. The maximum atomic E-state index is 5.78. The molecule has 0 saturated heterocycles. The molecular formula is C13H11ClN6. The molecule has 3 rings (SSSR count). The number of hydrogen-bond acceptors (Lipinski definition) is 5. The van der Waals surface area contributed by atoms with E-state index in [0.29, 0.717) is 17.7 Å². The van der Waals surface area contributed by atoms with Crippen molar-refractivity contribution in [2.24, 2.45) is 0 Å². The molecule has 0 aliphatic carbocycles. The van der Waals surface area contributed by atoms with Crippen molar-refractivity contribution >= 4 is 11.6 Å². The summed E-state index contributed by atoms with van der Waals surface area (Å²) in [5.74, 6) is 1.30. The number of tetrazole rings is 1. The second kappa shape index (κ2) is 5.34. The summed E-state index contributed by atoms with van der Waals surface area (Å²) in [4.78, 5) is 9.83. The maximum absolute atomic E-state index is 5.78. The van der Waals surface area contributed by atoms with Gasteiger partial charge in [-0.25, -0.2) is 9.97 Å². The monoisotopic (exact) mass is 286 g/mol. The molecule has 0 saturated carbocycles. The number of benzene rings is 1. The first-order valence-electron chi connectivity index (χ1n) is 6.02. The summed E-state index contributed by atoms with van der Waals surface area (Å²) in [5, 5.41) is 12.3. The van der Waals surface area contributed by atoms with Gasteiger partial charge in [-0.3, -0.25) is 0 Å². The molecule has 0 amide bonds. The van der Waals surface area contributed by atoms with Gasteiger partial charge in [-0.15, -0.1) is 21.8 Å². The van der Waals surface area contributed by atoms with Gasteiger partial charge in [-0.2, -0.15) is 0 Å². The molecule has 100 valence electrons. The zero-order valence-corrected chi connectivity index (χ0v) is 11.5. The van der Waals surface area contributed by atoms with E-state index in [9.17, 15) is 0 Å². The van der Waals surface area contributed by atoms with Gasteiger partial charge in [0.25, 0.3) is 5.95 Å². The molecule has 0 spiro atoms. The summed E-state index contributed by atoms with van der Waals surface area (Å²) in [6.07, 6.45) is 1.68. The van der Waals surface area contributed by atoms with Crippen LogP contribution < -0.4 is 0 Å². The minimum Gasteiger partial charge on any atom is -0.218 e. The minimum absolute atomic E-state index is 0.381. The van der Waals surface area contributed by atoms with Crippen LogP contribution in [-0.4, -0.2) is 30.2 Å². The Morgan fingerprint density at radius 1 is 1.20 bits per heavy atom. The lowest BCUT2D eigenvalue weighted by molar-refractivity contribution is 0.673. The van der Waals surface area contributed by atoms with Gasteiger partial charge in [0.05, 0.1) is 5.88 Å². The van der Waals surface area contributed by atoms with Crippen LogP contribution in [0.25, 0.3) is 17.3 Å². The maximum Gasteiger partial charge on any atom is 0.270 e. The van der Waals surface area contributed by atoms with Crippen LogP contribution in [0.5, 0.6) is 0 Å². The van der Waals surface area contributed by atoms with E-state index < -0.39 is 0 Å². The van der Waals surface area contributed by atoms with Gasteiger partial charge < -0.3 is 0 Å². The van der Waals surface area contributed by atoms with Crippen molar-refractivity contribution in [2.45, 2.75) is 12.8 Å². The number of rotatable bonds is 3. The molecular weight excluding hydrogens is 276 g/mol. The molecule has 0 bridgehead atoms. The van der Waals surface area contributed by atoms with Crippen molar-refractivity contribution in [2.75, 3.05) is 0 Å². The summed E-state index contributed by atoms with van der Waals surface area (Å²) < 4.78 is 0. The van der Waals surface area contributed by atoms with Crippen molar-refractivity contribution in [3.63, 3.8) is 0 Å². The summed E-state index contributed by atoms with van der Waals surface area (Å²) >= 11 is 5.78. The fourth-order valence-corrected chi connectivity index (χ4v) is 1.97. The number of aromatic nitrogens is 6. The van der Waals surface area contributed by atoms with Crippen LogP contribution >= 0.6 is 11.6 Å². The molecule has 0 aliphatic rings. The fraction of sp³-hybridized carbons (Fsp3) is 0.154. The molecule has 3 aromatic rings. The zero-order chi connectivity index (χ0) is 13.9. The molecule has 0 atom stereocenters. The Bertz CT molecular complexity index is 725. The van der Waals surface area contributed by atoms with Crippen molar-refractivity contribution < 1.29 is 0 Å². The molecule has 2 heterocycles. The van der Waals surface area contributed by atoms with Gasteiger partial charge in [-0.05, 0) is 12.1 Å². The van der Waals surface area contributed by atoms with Crippen molar-refractivity contribution in [1.29, 1.82) is 0 Å². The van der Waals surface area contributed by atoms with Crippen LogP contribution in [0.4, 0.5) is 0 Å². The molecule has 1 aromatic carbocycles. The molecule has 0 unspecified atom stereocenters. The fourth-order valence-electron chi connectivity index (χ4n) is 1.71. The summed E-state index contributed by atoms with van der Waals surface area (Å²) in [5.41, 5.74) is 2.59. The van der Waals surface area contributed by atoms with Crippen molar-refractivity contribution in [1.82, 2.24) is 30.2 Å². The molecule has 20 heavy (non-hydrogen) atoms. The van der Waals surface area contributed by atoms with E-state index in [1.807, 2.05) is 37.3 Å². The third-order valence-electron chi connectivity index (χ3n) is 2.84. The first-order valence-corrected chi connectivity index (χ1v) is 6.55. The van der Waals surface area contributed by atoms with E-state index in [1.54, 1.807) is 6.20 Å². The van der Waals surface area contributed by atoms with Crippen molar-refractivity contribution in [3.8, 4) is 17.3 Å². The summed E-state index contributed by atoms with van der Waals surface area (Å²) in [7, 11) is 0. The lowest BCUT2D eigenvalue weighted by Gasteiger charge is -2.02. The molecule has 0 radical (unpaired) electrons. The highest BCUT2D eigenvalue weighted by Crippen LogP contribution is 2.13. The largest absolute Gasteiger partial charge is 0.270 e. The van der Waals surface area contributed by atoms with Crippen LogP contribution in [0.1, 0.15) is 11.3 Å². The number of alkyl halides is 1. The highest BCUT2D eigenvalue weighted by Gasteiger charge is 2.10. The number of nitrogens with zero attached hydrogens (tertiary/aromatic N) is 6. The quantitative estimate of drug-likeness (QED) is 0.690. The Hall–Kier alpha value is -2.34. The van der Waals surface area contributed by atoms with E-state index in [0.717, 1.165) is 16.8 Å². The van der Waals surface area contributed by atoms with E-state index in [2.05, 4.69) is 25.4 Å². The normalized spacial score (nSPS) is 10.7. The Kier molecular flexibility index (Phi) is 3.39. The molecule has 2 aromatic heterocycles. The zero-order valence-electron chi connectivity index (χ0n) is 10.7. The summed E-state index contributed by atoms with van der Waals surface area (Å²) in [6, 6.07) is 9.62. The standard InChI is InChI=1S/C13H11ClN6/c1-9-11(7-14)8-15-13(16-9)20-18-12(17-19-20)10-5-3-2-4-6-10/h2-6,8H,7H2,1H3. The van der Waals surface area contributed by atoms with Gasteiger partial charge in [0.1, 0.15) is 0 Å². The van der Waals surface area contributed by atoms with Crippen LogP contribution in [0, 0.1) is 6.92 Å². The van der Waals surface area contributed by atoms with Crippen LogP contribution in [0.3, 0.4) is 0 Å². The van der Waals surface area contributed by atoms with Crippen LogP contribution in [0.15, 0.2) is 36.5 Å². The average molecular weight is 287 g/mol. The van der Waals surface area contributed by atoms with Gasteiger partial charge in [-0.1, -0.05) is 35.1 Å². The first-order chi connectivity index (χ1) is 9.78. The van der Waals surface area contributed by atoms with Gasteiger partial charge >= 0.3 is 0 Å². The lowest BCUT2D eigenvalue weighted by Crippen LogP contribution is -2.07. The first kappa shape index (κ1) is 12.7.